The molecule has 9 nitrogen and oxygen atoms in total. The highest BCUT2D eigenvalue weighted by atomic mass is 32.2. The molecule has 146 valence electrons. The normalized spacial score (nSPS) is 10.0. The van der Waals surface area contributed by atoms with Crippen molar-refractivity contribution in [2.24, 2.45) is 0 Å². The highest BCUT2D eigenvalue weighted by molar-refractivity contribution is 8.01. The zero-order chi connectivity index (χ0) is 20.5. The second-order valence-corrected chi connectivity index (χ2v) is 7.73. The van der Waals surface area contributed by atoms with E-state index in [0.29, 0.717) is 27.3 Å². The number of amides is 3. The molecule has 0 spiro atoms. The highest BCUT2D eigenvalue weighted by Crippen LogP contribution is 2.25. The number of pyridine rings is 1. The third-order valence-corrected chi connectivity index (χ3v) is 5.37. The van der Waals surface area contributed by atoms with Gasteiger partial charge in [-0.3, -0.25) is 15.1 Å². The lowest BCUT2D eigenvalue weighted by Crippen LogP contribution is -2.24. The van der Waals surface area contributed by atoms with Gasteiger partial charge in [0.2, 0.25) is 11.0 Å². The number of carbonyl (C=O) groups excluding carboxylic acids is 2. The van der Waals surface area contributed by atoms with Gasteiger partial charge in [-0.1, -0.05) is 35.2 Å². The first-order chi connectivity index (χ1) is 14.1. The van der Waals surface area contributed by atoms with Crippen molar-refractivity contribution >= 4 is 45.9 Å². The number of nitriles is 1. The van der Waals surface area contributed by atoms with Crippen molar-refractivity contribution in [2.75, 3.05) is 16.4 Å². The molecule has 2 aromatic heterocycles. The van der Waals surface area contributed by atoms with Crippen LogP contribution in [0.5, 0.6) is 0 Å². The molecule has 0 aliphatic heterocycles. The fraction of sp³-hybridized carbons (Fsp3) is 0.111. The van der Waals surface area contributed by atoms with Gasteiger partial charge in [0.15, 0.2) is 4.34 Å². The second-order valence-electron chi connectivity index (χ2n) is 5.53. The van der Waals surface area contributed by atoms with E-state index in [2.05, 4.69) is 31.1 Å². The van der Waals surface area contributed by atoms with E-state index in [9.17, 15) is 9.59 Å². The lowest BCUT2D eigenvalue weighted by atomic mass is 10.2. The predicted octanol–water partition coefficient (Wildman–Crippen LogP) is 2.86. The Labute approximate surface area is 174 Å². The summed E-state index contributed by atoms with van der Waals surface area (Å²) in [5.41, 5.74) is 1.71. The molecule has 3 amide bonds. The molecule has 1 aromatic carbocycles. The molecule has 0 radical (unpaired) electrons. The number of hydrogen-bond acceptors (Lipinski definition) is 8. The molecule has 2 heterocycles. The van der Waals surface area contributed by atoms with Gasteiger partial charge in [-0.05, 0) is 30.3 Å². The van der Waals surface area contributed by atoms with E-state index in [1.165, 1.54) is 11.8 Å². The number of urea groups is 1. The Morgan fingerprint density at radius 2 is 2.03 bits per heavy atom. The zero-order valence-corrected chi connectivity index (χ0v) is 16.6. The molecular formula is C18H15N7O2S2. The maximum absolute atomic E-state index is 12.0. The molecule has 3 aromatic rings. The van der Waals surface area contributed by atoms with Crippen molar-refractivity contribution in [2.45, 2.75) is 10.9 Å². The Balaban J connectivity index is 1.43. The largest absolute Gasteiger partial charge is 0.350 e. The molecule has 0 fully saturated rings. The maximum Gasteiger partial charge on any atom is 0.325 e. The fourth-order valence-electron chi connectivity index (χ4n) is 2.11. The zero-order valence-electron chi connectivity index (χ0n) is 15.0. The number of anilines is 2. The maximum atomic E-state index is 12.0. The van der Waals surface area contributed by atoms with Gasteiger partial charge in [0.25, 0.3) is 0 Å². The number of rotatable bonds is 7. The van der Waals surface area contributed by atoms with Crippen LogP contribution in [-0.4, -0.2) is 32.9 Å². The first-order valence-electron chi connectivity index (χ1n) is 8.33. The minimum atomic E-state index is -0.499. The molecule has 3 N–H and O–H groups in total. The van der Waals surface area contributed by atoms with Crippen molar-refractivity contribution in [3.8, 4) is 6.07 Å². The molecule has 0 atom stereocenters. The summed E-state index contributed by atoms with van der Waals surface area (Å²) < 4.78 is 0.555. The monoisotopic (exact) mass is 425 g/mol. The summed E-state index contributed by atoms with van der Waals surface area (Å²) in [6, 6.07) is 13.6. The highest BCUT2D eigenvalue weighted by Gasteiger charge is 2.11. The molecule has 3 rings (SSSR count). The number of benzene rings is 1. The standard InChI is InChI=1S/C18H15N7O2S2/c19-9-12-4-3-6-13(8-12)22-16(27)23-17-24-25-18(29-17)28-11-15(26)21-10-14-5-1-2-7-20-14/h1-8H,10-11H2,(H,21,26)(H2,22,23,24,27). The van der Waals surface area contributed by atoms with Gasteiger partial charge < -0.3 is 10.6 Å². The van der Waals surface area contributed by atoms with E-state index in [0.717, 1.165) is 17.0 Å². The van der Waals surface area contributed by atoms with E-state index < -0.39 is 6.03 Å². The van der Waals surface area contributed by atoms with Crippen LogP contribution in [0.1, 0.15) is 11.3 Å². The molecule has 29 heavy (non-hydrogen) atoms. The first kappa shape index (κ1) is 20.2. The van der Waals surface area contributed by atoms with E-state index in [1.54, 1.807) is 30.5 Å². The molecule has 0 saturated carbocycles. The van der Waals surface area contributed by atoms with Crippen molar-refractivity contribution in [3.05, 3.63) is 59.9 Å². The lowest BCUT2D eigenvalue weighted by Gasteiger charge is -2.04. The summed E-state index contributed by atoms with van der Waals surface area (Å²) in [6.07, 6.45) is 1.67. The van der Waals surface area contributed by atoms with Gasteiger partial charge in [-0.2, -0.15) is 5.26 Å². The summed E-state index contributed by atoms with van der Waals surface area (Å²) in [7, 11) is 0. The van der Waals surface area contributed by atoms with E-state index in [1.807, 2.05) is 24.3 Å². The number of aromatic nitrogens is 3. The van der Waals surface area contributed by atoms with Gasteiger partial charge in [0.1, 0.15) is 0 Å². The molecule has 0 bridgehead atoms. The lowest BCUT2D eigenvalue weighted by molar-refractivity contribution is -0.118. The number of nitrogens with zero attached hydrogens (tertiary/aromatic N) is 4. The van der Waals surface area contributed by atoms with Crippen LogP contribution in [0.25, 0.3) is 0 Å². The fourth-order valence-corrected chi connectivity index (χ4v) is 3.69. The van der Waals surface area contributed by atoms with Gasteiger partial charge in [-0.25, -0.2) is 4.79 Å². The minimum absolute atomic E-state index is 0.152. The summed E-state index contributed by atoms with van der Waals surface area (Å²) in [6.45, 7) is 0.357. The van der Waals surface area contributed by atoms with Crippen LogP contribution in [0.2, 0.25) is 0 Å². The predicted molar refractivity (Wildman–Crippen MR) is 111 cm³/mol. The minimum Gasteiger partial charge on any atom is -0.350 e. The number of nitrogens with one attached hydrogen (secondary N) is 3. The summed E-state index contributed by atoms with van der Waals surface area (Å²) in [5.74, 6) is 0.0229. The average Bonchev–Trinajstić information content (AvgIpc) is 3.18. The molecule has 0 aliphatic rings. The molecule has 0 aliphatic carbocycles. The first-order valence-corrected chi connectivity index (χ1v) is 10.1. The molecule has 0 saturated heterocycles. The summed E-state index contributed by atoms with van der Waals surface area (Å²) in [5, 5.41) is 25.0. The van der Waals surface area contributed by atoms with Crippen molar-refractivity contribution in [3.63, 3.8) is 0 Å². The summed E-state index contributed by atoms with van der Waals surface area (Å²) >= 11 is 2.39. The van der Waals surface area contributed by atoms with Crippen LogP contribution < -0.4 is 16.0 Å². The van der Waals surface area contributed by atoms with Crippen molar-refractivity contribution in [1.29, 1.82) is 5.26 Å². The van der Waals surface area contributed by atoms with Crippen LogP contribution in [0.4, 0.5) is 15.6 Å². The average molecular weight is 425 g/mol. The van der Waals surface area contributed by atoms with Crippen LogP contribution in [0, 0.1) is 11.3 Å². The van der Waals surface area contributed by atoms with Crippen molar-refractivity contribution < 1.29 is 9.59 Å². The Morgan fingerprint density at radius 1 is 1.14 bits per heavy atom. The molecule has 11 heteroatoms. The van der Waals surface area contributed by atoms with Crippen LogP contribution in [-0.2, 0) is 11.3 Å². The van der Waals surface area contributed by atoms with Crippen LogP contribution >= 0.6 is 23.1 Å². The Morgan fingerprint density at radius 3 is 2.83 bits per heavy atom. The van der Waals surface area contributed by atoms with E-state index in [4.69, 9.17) is 5.26 Å². The SMILES string of the molecule is N#Cc1cccc(NC(=O)Nc2nnc(SCC(=O)NCc3ccccn3)s2)c1. The number of carbonyl (C=O) groups is 2. The molecular weight excluding hydrogens is 410 g/mol. The quantitative estimate of drug-likeness (QED) is 0.391. The Bertz CT molecular complexity index is 1030. The van der Waals surface area contributed by atoms with E-state index in [-0.39, 0.29) is 11.7 Å². The van der Waals surface area contributed by atoms with Gasteiger partial charge >= 0.3 is 6.03 Å². The third kappa shape index (κ3) is 6.56. The Hall–Kier alpha value is -3.49. The number of hydrogen-bond donors (Lipinski definition) is 3. The topological polar surface area (TPSA) is 133 Å². The van der Waals surface area contributed by atoms with Crippen LogP contribution in [0.15, 0.2) is 53.0 Å². The Kier molecular flexibility index (Phi) is 7.10. The third-order valence-electron chi connectivity index (χ3n) is 3.40. The smallest absolute Gasteiger partial charge is 0.325 e. The van der Waals surface area contributed by atoms with E-state index >= 15 is 0 Å². The summed E-state index contributed by atoms with van der Waals surface area (Å²) in [4.78, 5) is 28.1. The van der Waals surface area contributed by atoms with Gasteiger partial charge in [-0.15, -0.1) is 10.2 Å². The van der Waals surface area contributed by atoms with Crippen LogP contribution in [0.3, 0.4) is 0 Å². The van der Waals surface area contributed by atoms with Gasteiger partial charge in [0, 0.05) is 11.9 Å². The second kappa shape index (κ2) is 10.2. The van der Waals surface area contributed by atoms with Gasteiger partial charge in [0.05, 0.1) is 29.6 Å². The number of thioether (sulfide) groups is 1. The molecule has 0 unspecified atom stereocenters. The van der Waals surface area contributed by atoms with Crippen molar-refractivity contribution in [1.82, 2.24) is 20.5 Å².